The lowest BCUT2D eigenvalue weighted by Crippen LogP contribution is -2.11. The minimum atomic E-state index is -0.914. The molecule has 5 heteroatoms. The Bertz CT molecular complexity index is 341. The maximum atomic E-state index is 10.6. The lowest BCUT2D eigenvalue weighted by Gasteiger charge is -2.11. The molecule has 0 aliphatic rings. The summed E-state index contributed by atoms with van der Waals surface area (Å²) in [6, 6.07) is 6.68. The number of carbonyl (C=O) groups is 1. The van der Waals surface area contributed by atoms with Crippen LogP contribution in [0.3, 0.4) is 0 Å². The lowest BCUT2D eigenvalue weighted by molar-refractivity contribution is 0.0697. The fourth-order valence-corrected chi connectivity index (χ4v) is 1.55. The van der Waals surface area contributed by atoms with Gasteiger partial charge in [-0.25, -0.2) is 4.79 Å². The quantitative estimate of drug-likeness (QED) is 0.680. The number of carboxylic acid groups (broad SMARTS) is 1. The Morgan fingerprint density at radius 2 is 1.82 bits per heavy atom. The van der Waals surface area contributed by atoms with Crippen LogP contribution in [0.25, 0.3) is 0 Å². The Morgan fingerprint density at radius 1 is 1.24 bits per heavy atom. The summed E-state index contributed by atoms with van der Waals surface area (Å²) >= 11 is 0. The van der Waals surface area contributed by atoms with Gasteiger partial charge in [-0.3, -0.25) is 0 Å². The van der Waals surface area contributed by atoms with Crippen LogP contribution < -0.4 is 11.5 Å². The van der Waals surface area contributed by atoms with Crippen LogP contribution in [0.1, 0.15) is 41.2 Å². The fraction of sp³-hybridized carbons (Fsp3) is 0.417. The van der Waals surface area contributed by atoms with Gasteiger partial charge in [-0.1, -0.05) is 18.6 Å². The van der Waals surface area contributed by atoms with Gasteiger partial charge in [0.15, 0.2) is 0 Å². The van der Waals surface area contributed by atoms with Crippen LogP contribution >= 0.6 is 12.4 Å². The molecule has 5 N–H and O–H groups in total. The van der Waals surface area contributed by atoms with E-state index >= 15 is 0 Å². The van der Waals surface area contributed by atoms with E-state index in [0.29, 0.717) is 6.54 Å². The third-order valence-electron chi connectivity index (χ3n) is 2.56. The minimum absolute atomic E-state index is 0. The Kier molecular flexibility index (Phi) is 7.54. The summed E-state index contributed by atoms with van der Waals surface area (Å²) in [5.41, 5.74) is 12.6. The molecular formula is C12H19ClN2O2. The normalized spacial score (nSPS) is 11.6. The summed E-state index contributed by atoms with van der Waals surface area (Å²) in [6.07, 6.45) is 2.85. The summed E-state index contributed by atoms with van der Waals surface area (Å²) < 4.78 is 0. The van der Waals surface area contributed by atoms with Crippen molar-refractivity contribution in [3.8, 4) is 0 Å². The van der Waals surface area contributed by atoms with E-state index in [2.05, 4.69) is 0 Å². The van der Waals surface area contributed by atoms with Crippen LogP contribution in [0.4, 0.5) is 0 Å². The molecule has 0 saturated carbocycles. The Labute approximate surface area is 107 Å². The number of rotatable bonds is 6. The highest BCUT2D eigenvalue weighted by atomic mass is 35.5. The highest BCUT2D eigenvalue weighted by Gasteiger charge is 2.07. The standard InChI is InChI=1S/C12H18N2O2.ClH/c13-8-2-1-3-11(14)9-4-6-10(7-5-9)12(15)16;/h4-7,11H,1-3,8,13-14H2,(H,15,16);1H/t11-;/m1./s1. The number of hydrogen-bond acceptors (Lipinski definition) is 3. The van der Waals surface area contributed by atoms with Gasteiger partial charge in [0.05, 0.1) is 5.56 Å². The van der Waals surface area contributed by atoms with Crippen molar-refractivity contribution in [2.45, 2.75) is 25.3 Å². The predicted molar refractivity (Wildman–Crippen MR) is 70.5 cm³/mol. The average Bonchev–Trinajstić information content (AvgIpc) is 2.29. The first-order valence-corrected chi connectivity index (χ1v) is 5.44. The first-order chi connectivity index (χ1) is 7.65. The summed E-state index contributed by atoms with van der Waals surface area (Å²) in [5, 5.41) is 8.74. The number of hydrogen-bond donors (Lipinski definition) is 3. The number of carboxylic acids is 1. The maximum Gasteiger partial charge on any atom is 0.335 e. The molecule has 0 radical (unpaired) electrons. The van der Waals surface area contributed by atoms with Gasteiger partial charge in [0.2, 0.25) is 0 Å². The maximum absolute atomic E-state index is 10.6. The van der Waals surface area contributed by atoms with Gasteiger partial charge in [0.25, 0.3) is 0 Å². The molecule has 1 aromatic rings. The molecule has 0 unspecified atom stereocenters. The van der Waals surface area contributed by atoms with Crippen molar-refractivity contribution in [2.75, 3.05) is 6.54 Å². The van der Waals surface area contributed by atoms with Gasteiger partial charge >= 0.3 is 5.97 Å². The van der Waals surface area contributed by atoms with E-state index in [0.717, 1.165) is 24.8 Å². The third-order valence-corrected chi connectivity index (χ3v) is 2.56. The second-order valence-electron chi connectivity index (χ2n) is 3.82. The van der Waals surface area contributed by atoms with Crippen molar-refractivity contribution >= 4 is 18.4 Å². The van der Waals surface area contributed by atoms with Gasteiger partial charge in [0.1, 0.15) is 0 Å². The number of unbranched alkanes of at least 4 members (excludes halogenated alkanes) is 1. The van der Waals surface area contributed by atoms with Gasteiger partial charge in [-0.15, -0.1) is 12.4 Å². The monoisotopic (exact) mass is 258 g/mol. The molecule has 1 rings (SSSR count). The number of nitrogens with two attached hydrogens (primary N) is 2. The summed E-state index contributed by atoms with van der Waals surface area (Å²) in [7, 11) is 0. The minimum Gasteiger partial charge on any atom is -0.478 e. The Balaban J connectivity index is 0.00000256. The molecule has 96 valence electrons. The van der Waals surface area contributed by atoms with Crippen molar-refractivity contribution in [1.29, 1.82) is 0 Å². The molecule has 0 amide bonds. The zero-order valence-corrected chi connectivity index (χ0v) is 10.5. The molecule has 0 spiro atoms. The predicted octanol–water partition coefficient (Wildman–Crippen LogP) is 1.94. The highest BCUT2D eigenvalue weighted by molar-refractivity contribution is 5.87. The van der Waals surface area contributed by atoms with Crippen molar-refractivity contribution in [1.82, 2.24) is 0 Å². The second kappa shape index (κ2) is 8.06. The summed E-state index contributed by atoms with van der Waals surface area (Å²) in [5.74, 6) is -0.914. The SMILES string of the molecule is Cl.NCCCC[C@@H](N)c1ccc(C(=O)O)cc1. The molecule has 1 aromatic carbocycles. The van der Waals surface area contributed by atoms with Crippen LogP contribution in [-0.4, -0.2) is 17.6 Å². The molecule has 0 aliphatic carbocycles. The molecule has 0 fully saturated rings. The van der Waals surface area contributed by atoms with E-state index in [-0.39, 0.29) is 24.0 Å². The van der Waals surface area contributed by atoms with Crippen LogP contribution in [0.5, 0.6) is 0 Å². The number of halogens is 1. The van der Waals surface area contributed by atoms with Crippen LogP contribution in [0.2, 0.25) is 0 Å². The molecule has 4 nitrogen and oxygen atoms in total. The largest absolute Gasteiger partial charge is 0.478 e. The molecule has 0 saturated heterocycles. The van der Waals surface area contributed by atoms with E-state index in [4.69, 9.17) is 16.6 Å². The Morgan fingerprint density at radius 3 is 2.29 bits per heavy atom. The van der Waals surface area contributed by atoms with E-state index in [1.807, 2.05) is 0 Å². The first kappa shape index (κ1) is 15.9. The Hall–Kier alpha value is -1.10. The van der Waals surface area contributed by atoms with Crippen molar-refractivity contribution < 1.29 is 9.90 Å². The molecule has 0 bridgehead atoms. The van der Waals surface area contributed by atoms with E-state index in [1.54, 1.807) is 24.3 Å². The highest BCUT2D eigenvalue weighted by Crippen LogP contribution is 2.17. The molecule has 0 aromatic heterocycles. The van der Waals surface area contributed by atoms with Gasteiger partial charge in [-0.2, -0.15) is 0 Å². The summed E-state index contributed by atoms with van der Waals surface area (Å²) in [4.78, 5) is 10.6. The molecule has 17 heavy (non-hydrogen) atoms. The fourth-order valence-electron chi connectivity index (χ4n) is 1.55. The lowest BCUT2D eigenvalue weighted by atomic mass is 10.0. The number of benzene rings is 1. The van der Waals surface area contributed by atoms with E-state index < -0.39 is 5.97 Å². The van der Waals surface area contributed by atoms with Crippen LogP contribution in [0.15, 0.2) is 24.3 Å². The average molecular weight is 259 g/mol. The second-order valence-corrected chi connectivity index (χ2v) is 3.82. The van der Waals surface area contributed by atoms with Crippen LogP contribution in [-0.2, 0) is 0 Å². The van der Waals surface area contributed by atoms with E-state index in [9.17, 15) is 4.79 Å². The zero-order chi connectivity index (χ0) is 12.0. The van der Waals surface area contributed by atoms with Gasteiger partial charge < -0.3 is 16.6 Å². The smallest absolute Gasteiger partial charge is 0.335 e. The molecule has 1 atom stereocenters. The topological polar surface area (TPSA) is 89.3 Å². The molecule has 0 heterocycles. The molecular weight excluding hydrogens is 240 g/mol. The zero-order valence-electron chi connectivity index (χ0n) is 9.63. The summed E-state index contributed by atoms with van der Waals surface area (Å²) in [6.45, 7) is 0.685. The molecule has 0 aliphatic heterocycles. The van der Waals surface area contributed by atoms with Crippen molar-refractivity contribution in [2.24, 2.45) is 11.5 Å². The van der Waals surface area contributed by atoms with Crippen LogP contribution in [0, 0.1) is 0 Å². The van der Waals surface area contributed by atoms with Gasteiger partial charge in [0, 0.05) is 6.04 Å². The first-order valence-electron chi connectivity index (χ1n) is 5.44. The van der Waals surface area contributed by atoms with Crippen molar-refractivity contribution in [3.05, 3.63) is 35.4 Å². The van der Waals surface area contributed by atoms with Gasteiger partial charge in [-0.05, 0) is 37.1 Å². The third kappa shape index (κ3) is 5.17. The van der Waals surface area contributed by atoms with E-state index in [1.165, 1.54) is 0 Å². The van der Waals surface area contributed by atoms with Crippen molar-refractivity contribution in [3.63, 3.8) is 0 Å². The number of aromatic carboxylic acids is 1.